The Morgan fingerprint density at radius 1 is 1.53 bits per heavy atom. The van der Waals surface area contributed by atoms with Crippen LogP contribution in [0.1, 0.15) is 56.6 Å². The van der Waals surface area contributed by atoms with Gasteiger partial charge in [0, 0.05) is 18.4 Å². The van der Waals surface area contributed by atoms with E-state index < -0.39 is 0 Å². The van der Waals surface area contributed by atoms with Crippen molar-refractivity contribution in [2.45, 2.75) is 51.5 Å². The van der Waals surface area contributed by atoms with E-state index in [0.717, 1.165) is 31.2 Å². The molecule has 0 amide bonds. The largest absolute Gasteiger partial charge is 0.330 e. The van der Waals surface area contributed by atoms with Crippen LogP contribution in [0.2, 0.25) is 0 Å². The van der Waals surface area contributed by atoms with Crippen molar-refractivity contribution in [1.29, 1.82) is 0 Å². The standard InChI is InChI=1S/C11H20N4/c1-8(2)10-13-11-9(5-6-12)4-3-7-15(11)14-10/h8-9H,3-7,12H2,1-2H3. The Morgan fingerprint density at radius 2 is 2.33 bits per heavy atom. The first kappa shape index (κ1) is 10.6. The van der Waals surface area contributed by atoms with Crippen molar-refractivity contribution in [1.82, 2.24) is 14.8 Å². The van der Waals surface area contributed by atoms with E-state index >= 15 is 0 Å². The van der Waals surface area contributed by atoms with E-state index in [1.165, 1.54) is 12.8 Å². The van der Waals surface area contributed by atoms with Gasteiger partial charge in [0.15, 0.2) is 5.82 Å². The number of hydrogen-bond acceptors (Lipinski definition) is 3. The van der Waals surface area contributed by atoms with Crippen molar-refractivity contribution in [2.24, 2.45) is 5.73 Å². The summed E-state index contributed by atoms with van der Waals surface area (Å²) >= 11 is 0. The molecule has 2 N–H and O–H groups in total. The average Bonchev–Trinajstić information content (AvgIpc) is 2.63. The number of nitrogens with two attached hydrogens (primary N) is 1. The lowest BCUT2D eigenvalue weighted by Crippen LogP contribution is -2.19. The summed E-state index contributed by atoms with van der Waals surface area (Å²) in [5.74, 6) is 3.09. The van der Waals surface area contributed by atoms with Crippen LogP contribution in [0.15, 0.2) is 0 Å². The van der Waals surface area contributed by atoms with Crippen LogP contribution in [0.5, 0.6) is 0 Å². The molecule has 84 valence electrons. The molecule has 1 aliphatic heterocycles. The molecule has 2 heterocycles. The van der Waals surface area contributed by atoms with Gasteiger partial charge in [0.05, 0.1) is 0 Å². The molecule has 1 unspecified atom stereocenters. The SMILES string of the molecule is CC(C)c1nc2n(n1)CCCC2CCN. The van der Waals surface area contributed by atoms with Gasteiger partial charge in [-0.3, -0.25) is 0 Å². The zero-order chi connectivity index (χ0) is 10.8. The van der Waals surface area contributed by atoms with Gasteiger partial charge < -0.3 is 5.73 Å². The van der Waals surface area contributed by atoms with E-state index in [9.17, 15) is 0 Å². The summed E-state index contributed by atoms with van der Waals surface area (Å²) in [4.78, 5) is 4.65. The summed E-state index contributed by atoms with van der Waals surface area (Å²) in [6, 6.07) is 0. The minimum atomic E-state index is 0.418. The highest BCUT2D eigenvalue weighted by molar-refractivity contribution is 5.05. The van der Waals surface area contributed by atoms with E-state index in [1.54, 1.807) is 0 Å². The molecule has 0 fully saturated rings. The maximum atomic E-state index is 5.63. The van der Waals surface area contributed by atoms with Gasteiger partial charge in [-0.1, -0.05) is 13.8 Å². The lowest BCUT2D eigenvalue weighted by molar-refractivity contribution is 0.402. The molecule has 4 heteroatoms. The Kier molecular flexibility index (Phi) is 3.05. The van der Waals surface area contributed by atoms with Crippen molar-refractivity contribution in [3.05, 3.63) is 11.6 Å². The van der Waals surface area contributed by atoms with Crippen LogP contribution in [0.4, 0.5) is 0 Å². The van der Waals surface area contributed by atoms with Crippen molar-refractivity contribution < 1.29 is 0 Å². The van der Waals surface area contributed by atoms with Crippen LogP contribution in [-0.4, -0.2) is 21.3 Å². The topological polar surface area (TPSA) is 56.7 Å². The molecule has 0 radical (unpaired) electrons. The van der Waals surface area contributed by atoms with Crippen LogP contribution in [0.25, 0.3) is 0 Å². The summed E-state index contributed by atoms with van der Waals surface area (Å²) in [6.45, 7) is 6.04. The fraction of sp³-hybridized carbons (Fsp3) is 0.818. The third-order valence-corrected chi connectivity index (χ3v) is 3.04. The highest BCUT2D eigenvalue weighted by Gasteiger charge is 2.24. The van der Waals surface area contributed by atoms with Gasteiger partial charge in [-0.25, -0.2) is 9.67 Å². The van der Waals surface area contributed by atoms with Crippen LogP contribution in [0.3, 0.4) is 0 Å². The second-order valence-electron chi connectivity index (χ2n) is 4.62. The van der Waals surface area contributed by atoms with E-state index in [4.69, 9.17) is 5.73 Å². The first-order valence-electron chi connectivity index (χ1n) is 5.87. The van der Waals surface area contributed by atoms with Crippen molar-refractivity contribution in [3.63, 3.8) is 0 Å². The van der Waals surface area contributed by atoms with Crippen LogP contribution < -0.4 is 5.73 Å². The molecule has 0 aliphatic carbocycles. The molecule has 15 heavy (non-hydrogen) atoms. The second-order valence-corrected chi connectivity index (χ2v) is 4.62. The van der Waals surface area contributed by atoms with Gasteiger partial charge in [0.25, 0.3) is 0 Å². The fourth-order valence-electron chi connectivity index (χ4n) is 2.17. The maximum absolute atomic E-state index is 5.63. The smallest absolute Gasteiger partial charge is 0.153 e. The average molecular weight is 208 g/mol. The first-order valence-corrected chi connectivity index (χ1v) is 5.87. The molecule has 4 nitrogen and oxygen atoms in total. The van der Waals surface area contributed by atoms with Gasteiger partial charge in [-0.2, -0.15) is 5.10 Å². The first-order chi connectivity index (χ1) is 7.22. The molecule has 1 aromatic rings. The van der Waals surface area contributed by atoms with Gasteiger partial charge in [-0.05, 0) is 25.8 Å². The van der Waals surface area contributed by atoms with Crippen LogP contribution in [-0.2, 0) is 6.54 Å². The molecule has 0 saturated carbocycles. The molecule has 1 aliphatic rings. The monoisotopic (exact) mass is 208 g/mol. The zero-order valence-electron chi connectivity index (χ0n) is 9.61. The molecule has 1 atom stereocenters. The van der Waals surface area contributed by atoms with E-state index in [0.29, 0.717) is 11.8 Å². The summed E-state index contributed by atoms with van der Waals surface area (Å²) in [6.07, 6.45) is 3.46. The number of aryl methyl sites for hydroxylation is 1. The summed E-state index contributed by atoms with van der Waals surface area (Å²) in [5.41, 5.74) is 5.63. The van der Waals surface area contributed by atoms with Gasteiger partial charge >= 0.3 is 0 Å². The third-order valence-electron chi connectivity index (χ3n) is 3.04. The molecular weight excluding hydrogens is 188 g/mol. The molecule has 0 bridgehead atoms. The Bertz CT molecular complexity index is 329. The zero-order valence-corrected chi connectivity index (χ0v) is 9.61. The third kappa shape index (κ3) is 2.04. The number of nitrogens with zero attached hydrogens (tertiary/aromatic N) is 3. The lowest BCUT2D eigenvalue weighted by atomic mass is 9.96. The summed E-state index contributed by atoms with van der Waals surface area (Å²) in [5, 5.41) is 4.55. The van der Waals surface area contributed by atoms with Gasteiger partial charge in [0.1, 0.15) is 5.82 Å². The molecule has 0 aromatic carbocycles. The number of hydrogen-bond donors (Lipinski definition) is 1. The molecule has 0 saturated heterocycles. The molecule has 0 spiro atoms. The fourth-order valence-corrected chi connectivity index (χ4v) is 2.17. The minimum absolute atomic E-state index is 0.418. The normalized spacial score (nSPS) is 20.7. The number of aromatic nitrogens is 3. The quantitative estimate of drug-likeness (QED) is 0.821. The predicted molar refractivity (Wildman–Crippen MR) is 59.8 cm³/mol. The lowest BCUT2D eigenvalue weighted by Gasteiger charge is -2.21. The van der Waals surface area contributed by atoms with Crippen LogP contribution >= 0.6 is 0 Å². The van der Waals surface area contributed by atoms with Crippen molar-refractivity contribution in [3.8, 4) is 0 Å². The summed E-state index contributed by atoms with van der Waals surface area (Å²) in [7, 11) is 0. The van der Waals surface area contributed by atoms with Crippen LogP contribution in [0, 0.1) is 0 Å². The van der Waals surface area contributed by atoms with Gasteiger partial charge in [0.2, 0.25) is 0 Å². The highest BCUT2D eigenvalue weighted by Crippen LogP contribution is 2.28. The number of fused-ring (bicyclic) bond motifs is 1. The molecular formula is C11H20N4. The number of rotatable bonds is 3. The highest BCUT2D eigenvalue weighted by atomic mass is 15.4. The van der Waals surface area contributed by atoms with E-state index in [2.05, 4.69) is 28.6 Å². The van der Waals surface area contributed by atoms with E-state index in [1.807, 2.05) is 0 Å². The Hall–Kier alpha value is -0.900. The van der Waals surface area contributed by atoms with E-state index in [-0.39, 0.29) is 0 Å². The van der Waals surface area contributed by atoms with Crippen molar-refractivity contribution in [2.75, 3.05) is 6.54 Å². The Morgan fingerprint density at radius 3 is 3.00 bits per heavy atom. The Balaban J connectivity index is 2.26. The molecule has 2 rings (SSSR count). The van der Waals surface area contributed by atoms with Gasteiger partial charge in [-0.15, -0.1) is 0 Å². The Labute approximate surface area is 90.9 Å². The van der Waals surface area contributed by atoms with Crippen molar-refractivity contribution >= 4 is 0 Å². The predicted octanol–water partition coefficient (Wildman–Crippen LogP) is 1.63. The maximum Gasteiger partial charge on any atom is 0.153 e. The summed E-state index contributed by atoms with van der Waals surface area (Å²) < 4.78 is 2.08. The second kappa shape index (κ2) is 4.31. The molecule has 1 aromatic heterocycles. The minimum Gasteiger partial charge on any atom is -0.330 e.